The van der Waals surface area contributed by atoms with E-state index in [1.807, 2.05) is 6.92 Å². The minimum absolute atomic E-state index is 0.0149. The summed E-state index contributed by atoms with van der Waals surface area (Å²) in [6.45, 7) is -1.17. The van der Waals surface area contributed by atoms with Crippen LogP contribution in [0.2, 0.25) is 10.0 Å². The molecule has 114 valence electrons. The molecule has 1 atom stereocenters. The Morgan fingerprint density at radius 1 is 1.10 bits per heavy atom. The largest absolute Gasteiger partial charge is 0.432 e. The molecule has 20 heavy (non-hydrogen) atoms. The lowest BCUT2D eigenvalue weighted by Crippen LogP contribution is -2.33. The molecule has 8 heteroatoms. The average Bonchev–Trinajstić information content (AvgIpc) is 2.35. The van der Waals surface area contributed by atoms with Gasteiger partial charge in [0.05, 0.1) is 16.1 Å². The molecule has 4 nitrogen and oxygen atoms in total. The highest BCUT2D eigenvalue weighted by Crippen LogP contribution is 2.37. The van der Waals surface area contributed by atoms with Crippen molar-refractivity contribution in [2.75, 3.05) is 19.5 Å². The summed E-state index contributed by atoms with van der Waals surface area (Å²) in [6, 6.07) is 2.66. The summed E-state index contributed by atoms with van der Waals surface area (Å²) < 4.78 is 38.8. The van der Waals surface area contributed by atoms with E-state index in [4.69, 9.17) is 32.7 Å². The van der Waals surface area contributed by atoms with Gasteiger partial charge in [0.15, 0.2) is 12.0 Å². The summed E-state index contributed by atoms with van der Waals surface area (Å²) in [4.78, 5) is 0. The van der Waals surface area contributed by atoms with Gasteiger partial charge in [0.2, 0.25) is 0 Å². The zero-order chi connectivity index (χ0) is 15.3. The third-order valence-electron chi connectivity index (χ3n) is 2.47. The molecule has 0 heterocycles. The number of benzene rings is 1. The molecular weight excluding hydrogens is 315 g/mol. The van der Waals surface area contributed by atoms with Crippen LogP contribution in [0, 0.1) is 0 Å². The first kappa shape index (κ1) is 17.2. The van der Waals surface area contributed by atoms with Crippen molar-refractivity contribution in [3.8, 4) is 5.75 Å². The maximum atomic E-state index is 12.2. The van der Waals surface area contributed by atoms with E-state index in [0.29, 0.717) is 5.69 Å². The van der Waals surface area contributed by atoms with Crippen LogP contribution in [0.4, 0.5) is 14.5 Å². The fourth-order valence-electron chi connectivity index (χ4n) is 1.68. The van der Waals surface area contributed by atoms with Gasteiger partial charge in [0.25, 0.3) is 0 Å². The van der Waals surface area contributed by atoms with Crippen molar-refractivity contribution in [3.05, 3.63) is 22.2 Å². The summed E-state index contributed by atoms with van der Waals surface area (Å²) >= 11 is 11.7. The molecule has 0 radical (unpaired) electrons. The number of hydrogen-bond donors (Lipinski definition) is 1. The van der Waals surface area contributed by atoms with Gasteiger partial charge in [0.1, 0.15) is 0 Å². The van der Waals surface area contributed by atoms with E-state index in [-0.39, 0.29) is 21.8 Å². The van der Waals surface area contributed by atoms with Crippen molar-refractivity contribution in [1.29, 1.82) is 0 Å². The minimum atomic E-state index is -2.99. The molecule has 1 unspecified atom stereocenters. The molecule has 0 bridgehead atoms. The lowest BCUT2D eigenvalue weighted by atomic mass is 10.2. The molecule has 0 saturated carbocycles. The van der Waals surface area contributed by atoms with Gasteiger partial charge in [-0.25, -0.2) is 0 Å². The Hall–Kier alpha value is -0.820. The Balaban J connectivity index is 2.88. The highest BCUT2D eigenvalue weighted by molar-refractivity contribution is 6.37. The van der Waals surface area contributed by atoms with Crippen LogP contribution in [0.1, 0.15) is 6.92 Å². The summed E-state index contributed by atoms with van der Waals surface area (Å²) in [7, 11) is 3.01. The molecule has 1 N–H and O–H groups in total. The smallest absolute Gasteiger partial charge is 0.387 e. The fourth-order valence-corrected chi connectivity index (χ4v) is 2.26. The van der Waals surface area contributed by atoms with Gasteiger partial charge < -0.3 is 19.5 Å². The predicted molar refractivity (Wildman–Crippen MR) is 74.0 cm³/mol. The van der Waals surface area contributed by atoms with Gasteiger partial charge in [0, 0.05) is 19.9 Å². The van der Waals surface area contributed by atoms with Crippen LogP contribution in [-0.2, 0) is 9.47 Å². The molecule has 0 aromatic heterocycles. The van der Waals surface area contributed by atoms with Crippen LogP contribution < -0.4 is 10.1 Å². The lowest BCUT2D eigenvalue weighted by Gasteiger charge is -2.23. The third-order valence-corrected chi connectivity index (χ3v) is 3.03. The molecule has 0 amide bonds. The Bertz CT molecular complexity index is 422. The zero-order valence-electron chi connectivity index (χ0n) is 11.1. The first-order chi connectivity index (χ1) is 9.38. The van der Waals surface area contributed by atoms with Crippen LogP contribution in [-0.4, -0.2) is 33.2 Å². The maximum Gasteiger partial charge on any atom is 0.387 e. The van der Waals surface area contributed by atoms with Crippen LogP contribution >= 0.6 is 23.2 Å². The van der Waals surface area contributed by atoms with E-state index in [1.54, 1.807) is 0 Å². The van der Waals surface area contributed by atoms with Crippen molar-refractivity contribution in [2.45, 2.75) is 25.9 Å². The molecule has 0 aliphatic heterocycles. The predicted octanol–water partition coefficient (Wildman–Crippen LogP) is 4.01. The number of rotatable bonds is 7. The Labute approximate surface area is 125 Å². The van der Waals surface area contributed by atoms with E-state index >= 15 is 0 Å². The zero-order valence-corrected chi connectivity index (χ0v) is 12.6. The van der Waals surface area contributed by atoms with Crippen molar-refractivity contribution >= 4 is 28.9 Å². The average molecular weight is 330 g/mol. The Kier molecular flexibility index (Phi) is 6.75. The van der Waals surface area contributed by atoms with Crippen molar-refractivity contribution < 1.29 is 23.0 Å². The van der Waals surface area contributed by atoms with Gasteiger partial charge in [-0.1, -0.05) is 23.2 Å². The number of methoxy groups -OCH3 is 2. The fraction of sp³-hybridized carbons (Fsp3) is 0.500. The van der Waals surface area contributed by atoms with Crippen LogP contribution in [0.25, 0.3) is 0 Å². The van der Waals surface area contributed by atoms with Gasteiger partial charge in [-0.05, 0) is 19.1 Å². The molecule has 0 fully saturated rings. The number of hydrogen-bond acceptors (Lipinski definition) is 4. The van der Waals surface area contributed by atoms with E-state index in [1.165, 1.54) is 26.4 Å². The summed E-state index contributed by atoms with van der Waals surface area (Å²) in [5, 5.41) is 3.01. The molecule has 1 aromatic rings. The third kappa shape index (κ3) is 4.63. The highest BCUT2D eigenvalue weighted by Gasteiger charge is 2.18. The molecule has 0 spiro atoms. The molecule has 0 saturated heterocycles. The highest BCUT2D eigenvalue weighted by atomic mass is 35.5. The van der Waals surface area contributed by atoms with Crippen molar-refractivity contribution in [3.63, 3.8) is 0 Å². The Morgan fingerprint density at radius 2 is 1.60 bits per heavy atom. The van der Waals surface area contributed by atoms with E-state index in [2.05, 4.69) is 10.1 Å². The normalized spacial score (nSPS) is 12.8. The summed E-state index contributed by atoms with van der Waals surface area (Å²) in [5.41, 5.74) is 0.535. The number of nitrogens with one attached hydrogen (secondary N) is 1. The SMILES string of the molecule is COC(OC)C(C)Nc1cc(Cl)c(OC(F)F)c(Cl)c1. The second-order valence-electron chi connectivity index (χ2n) is 3.92. The van der Waals surface area contributed by atoms with Gasteiger partial charge in [-0.15, -0.1) is 0 Å². The molecule has 0 aliphatic carbocycles. The second-order valence-corrected chi connectivity index (χ2v) is 4.73. The monoisotopic (exact) mass is 329 g/mol. The lowest BCUT2D eigenvalue weighted by molar-refractivity contribution is -0.109. The van der Waals surface area contributed by atoms with E-state index < -0.39 is 12.9 Å². The standard InChI is InChI=1S/C12H15Cl2F2NO3/c1-6(11(18-2)19-3)17-7-4-8(13)10(9(14)5-7)20-12(15)16/h4-6,11-12,17H,1-3H3. The quantitative estimate of drug-likeness (QED) is 0.767. The maximum absolute atomic E-state index is 12.2. The molecule has 1 rings (SSSR count). The number of alkyl halides is 2. The molecule has 0 aliphatic rings. The minimum Gasteiger partial charge on any atom is -0.432 e. The van der Waals surface area contributed by atoms with E-state index in [9.17, 15) is 8.78 Å². The summed E-state index contributed by atoms with van der Waals surface area (Å²) in [6.07, 6.45) is -0.482. The second kappa shape index (κ2) is 7.83. The topological polar surface area (TPSA) is 39.7 Å². The van der Waals surface area contributed by atoms with Gasteiger partial charge in [-0.2, -0.15) is 8.78 Å². The number of halogens is 4. The van der Waals surface area contributed by atoms with Gasteiger partial charge >= 0.3 is 6.61 Å². The Morgan fingerprint density at radius 3 is 2.00 bits per heavy atom. The van der Waals surface area contributed by atoms with Crippen LogP contribution in [0.15, 0.2) is 12.1 Å². The molecule has 1 aromatic carbocycles. The van der Waals surface area contributed by atoms with Gasteiger partial charge in [-0.3, -0.25) is 0 Å². The first-order valence-electron chi connectivity index (χ1n) is 5.65. The number of ether oxygens (including phenoxy) is 3. The van der Waals surface area contributed by atoms with E-state index in [0.717, 1.165) is 0 Å². The van der Waals surface area contributed by atoms with Crippen molar-refractivity contribution in [1.82, 2.24) is 0 Å². The first-order valence-corrected chi connectivity index (χ1v) is 6.40. The number of anilines is 1. The van der Waals surface area contributed by atoms with Crippen LogP contribution in [0.5, 0.6) is 5.75 Å². The molecular formula is C12H15Cl2F2NO3. The van der Waals surface area contributed by atoms with Crippen molar-refractivity contribution in [2.24, 2.45) is 0 Å². The summed E-state index contributed by atoms with van der Waals surface area (Å²) in [5.74, 6) is -0.253. The van der Waals surface area contributed by atoms with Crippen LogP contribution in [0.3, 0.4) is 0 Å².